The van der Waals surface area contributed by atoms with Crippen LogP contribution in [0.25, 0.3) is 0 Å². The van der Waals surface area contributed by atoms with Crippen molar-refractivity contribution in [2.75, 3.05) is 5.32 Å². The molecule has 0 aliphatic heterocycles. The van der Waals surface area contributed by atoms with E-state index in [0.29, 0.717) is 11.5 Å². The van der Waals surface area contributed by atoms with E-state index in [-0.39, 0.29) is 23.6 Å². The predicted molar refractivity (Wildman–Crippen MR) is 74.0 cm³/mol. The average molecular weight is 294 g/mol. The number of hydrogen-bond acceptors (Lipinski definition) is 5. The maximum absolute atomic E-state index is 11.5. The van der Waals surface area contributed by atoms with Gasteiger partial charge in [0.2, 0.25) is 5.82 Å². The monoisotopic (exact) mass is 294 g/mol. The molecule has 2 aliphatic carbocycles. The minimum Gasteiger partial charge on any atom is -0.481 e. The third-order valence-electron chi connectivity index (χ3n) is 4.88. The lowest BCUT2D eigenvalue weighted by Gasteiger charge is -2.29. The molecular formula is C13H18N4O4. The summed E-state index contributed by atoms with van der Waals surface area (Å²) in [4.78, 5) is 22.2. The van der Waals surface area contributed by atoms with E-state index in [1.165, 1.54) is 4.68 Å². The van der Waals surface area contributed by atoms with Gasteiger partial charge in [0, 0.05) is 13.1 Å². The highest BCUT2D eigenvalue weighted by atomic mass is 16.6. The molecule has 4 atom stereocenters. The number of aliphatic carboxylic acids is 1. The zero-order valence-electron chi connectivity index (χ0n) is 11.9. The van der Waals surface area contributed by atoms with Crippen molar-refractivity contribution in [2.45, 2.75) is 32.2 Å². The van der Waals surface area contributed by atoms with Gasteiger partial charge in [-0.2, -0.15) is 5.10 Å². The van der Waals surface area contributed by atoms with Crippen LogP contribution in [0.2, 0.25) is 0 Å². The van der Waals surface area contributed by atoms with Crippen LogP contribution in [-0.4, -0.2) is 31.8 Å². The molecule has 2 fully saturated rings. The van der Waals surface area contributed by atoms with Crippen molar-refractivity contribution < 1.29 is 14.8 Å². The molecule has 0 saturated heterocycles. The number of hydrogen-bond donors (Lipinski definition) is 2. The molecule has 3 rings (SSSR count). The number of nitrogens with one attached hydrogen (secondary N) is 1. The van der Waals surface area contributed by atoms with Gasteiger partial charge in [-0.1, -0.05) is 0 Å². The summed E-state index contributed by atoms with van der Waals surface area (Å²) >= 11 is 0. The molecule has 0 aromatic carbocycles. The van der Waals surface area contributed by atoms with E-state index in [4.69, 9.17) is 0 Å². The number of nitro groups is 1. The first-order valence-corrected chi connectivity index (χ1v) is 7.07. The van der Waals surface area contributed by atoms with Crippen LogP contribution in [-0.2, 0) is 11.8 Å². The Labute approximate surface area is 121 Å². The predicted octanol–water partition coefficient (Wildman–Crippen LogP) is 1.55. The second-order valence-corrected chi connectivity index (χ2v) is 6.03. The molecule has 0 spiro atoms. The molecule has 1 aromatic rings. The number of carboxylic acids is 1. The summed E-state index contributed by atoms with van der Waals surface area (Å²) in [7, 11) is 1.63. The first-order chi connectivity index (χ1) is 9.90. The average Bonchev–Trinajstić information content (AvgIpc) is 3.03. The number of fused-ring (bicyclic) bond motifs is 2. The topological polar surface area (TPSA) is 110 Å². The summed E-state index contributed by atoms with van der Waals surface area (Å²) in [6.45, 7) is 1.58. The largest absolute Gasteiger partial charge is 0.481 e. The number of rotatable bonds is 4. The van der Waals surface area contributed by atoms with Crippen molar-refractivity contribution in [1.82, 2.24) is 9.78 Å². The quantitative estimate of drug-likeness (QED) is 0.644. The molecule has 2 saturated carbocycles. The number of carboxylic acid groups (broad SMARTS) is 1. The standard InChI is InChI=1S/C13H18N4O4/c1-6-11(17(20)21)12(16(2)15-6)14-10-8-4-3-7(5-8)9(10)13(18)19/h7-10,14H,3-5H2,1-2H3,(H,18,19). The Balaban J connectivity index is 1.93. The second-order valence-electron chi connectivity index (χ2n) is 6.03. The summed E-state index contributed by atoms with van der Waals surface area (Å²) in [5.74, 6) is -0.537. The Kier molecular flexibility index (Phi) is 3.11. The molecule has 8 heteroatoms. The fourth-order valence-electron chi connectivity index (χ4n) is 4.04. The van der Waals surface area contributed by atoms with Crippen molar-refractivity contribution >= 4 is 17.5 Å². The zero-order chi connectivity index (χ0) is 15.3. The molecule has 2 aliphatic rings. The molecule has 1 aromatic heterocycles. The lowest BCUT2D eigenvalue weighted by Crippen LogP contribution is -2.39. The minimum atomic E-state index is -0.818. The molecule has 0 radical (unpaired) electrons. The van der Waals surface area contributed by atoms with Crippen LogP contribution in [0.4, 0.5) is 11.5 Å². The van der Waals surface area contributed by atoms with Gasteiger partial charge in [0.05, 0.1) is 10.8 Å². The molecule has 8 nitrogen and oxygen atoms in total. The Morgan fingerprint density at radius 2 is 2.14 bits per heavy atom. The van der Waals surface area contributed by atoms with Crippen LogP contribution in [0, 0.1) is 34.8 Å². The van der Waals surface area contributed by atoms with Crippen LogP contribution >= 0.6 is 0 Å². The van der Waals surface area contributed by atoms with E-state index in [9.17, 15) is 20.0 Å². The van der Waals surface area contributed by atoms with Crippen LogP contribution in [0.3, 0.4) is 0 Å². The first-order valence-electron chi connectivity index (χ1n) is 7.07. The normalized spacial score (nSPS) is 30.6. The van der Waals surface area contributed by atoms with Gasteiger partial charge in [0.1, 0.15) is 5.69 Å². The van der Waals surface area contributed by atoms with Crippen LogP contribution < -0.4 is 5.32 Å². The summed E-state index contributed by atoms with van der Waals surface area (Å²) in [6.07, 6.45) is 2.81. The Morgan fingerprint density at radius 1 is 1.48 bits per heavy atom. The molecular weight excluding hydrogens is 276 g/mol. The number of anilines is 1. The maximum atomic E-state index is 11.5. The molecule has 2 bridgehead atoms. The molecule has 21 heavy (non-hydrogen) atoms. The van der Waals surface area contributed by atoms with Crippen LogP contribution in [0.1, 0.15) is 25.0 Å². The summed E-state index contributed by atoms with van der Waals surface area (Å²) < 4.78 is 1.43. The fourth-order valence-corrected chi connectivity index (χ4v) is 4.04. The number of aromatic nitrogens is 2. The maximum Gasteiger partial charge on any atom is 0.333 e. The highest BCUT2D eigenvalue weighted by Crippen LogP contribution is 2.50. The van der Waals surface area contributed by atoms with Gasteiger partial charge in [-0.25, -0.2) is 4.68 Å². The lowest BCUT2D eigenvalue weighted by molar-refractivity contribution is -0.384. The highest BCUT2D eigenvalue weighted by molar-refractivity contribution is 5.73. The van der Waals surface area contributed by atoms with E-state index in [1.54, 1.807) is 14.0 Å². The van der Waals surface area contributed by atoms with Crippen molar-refractivity contribution in [2.24, 2.45) is 24.8 Å². The minimum absolute atomic E-state index is 0.0654. The molecule has 2 N–H and O–H groups in total. The van der Waals surface area contributed by atoms with E-state index < -0.39 is 16.8 Å². The third kappa shape index (κ3) is 2.05. The van der Waals surface area contributed by atoms with Crippen molar-refractivity contribution in [1.29, 1.82) is 0 Å². The Hall–Kier alpha value is -2.12. The smallest absolute Gasteiger partial charge is 0.333 e. The zero-order valence-corrected chi connectivity index (χ0v) is 11.9. The fraction of sp³-hybridized carbons (Fsp3) is 0.692. The van der Waals surface area contributed by atoms with Crippen molar-refractivity contribution in [3.8, 4) is 0 Å². The molecule has 4 unspecified atom stereocenters. The highest BCUT2D eigenvalue weighted by Gasteiger charge is 2.51. The Morgan fingerprint density at radius 3 is 2.76 bits per heavy atom. The third-order valence-corrected chi connectivity index (χ3v) is 4.88. The van der Waals surface area contributed by atoms with Crippen molar-refractivity contribution in [3.63, 3.8) is 0 Å². The van der Waals surface area contributed by atoms with Crippen molar-refractivity contribution in [3.05, 3.63) is 15.8 Å². The van der Waals surface area contributed by atoms with Gasteiger partial charge in [0.15, 0.2) is 0 Å². The molecule has 114 valence electrons. The van der Waals surface area contributed by atoms with E-state index >= 15 is 0 Å². The van der Waals surface area contributed by atoms with Gasteiger partial charge >= 0.3 is 11.7 Å². The van der Waals surface area contributed by atoms with Gasteiger partial charge < -0.3 is 10.4 Å². The number of carbonyl (C=O) groups is 1. The van der Waals surface area contributed by atoms with Gasteiger partial charge in [-0.05, 0) is 38.0 Å². The SMILES string of the molecule is Cc1nn(C)c(NC2C3CCC(C3)C2C(=O)O)c1[N+](=O)[O-]. The van der Waals surface area contributed by atoms with E-state index in [0.717, 1.165) is 19.3 Å². The summed E-state index contributed by atoms with van der Waals surface area (Å²) in [5, 5.41) is 27.8. The van der Waals surface area contributed by atoms with Gasteiger partial charge in [-0.15, -0.1) is 0 Å². The van der Waals surface area contributed by atoms with Gasteiger partial charge in [-0.3, -0.25) is 14.9 Å². The first kappa shape index (κ1) is 13.8. The van der Waals surface area contributed by atoms with Crippen LogP contribution in [0.5, 0.6) is 0 Å². The van der Waals surface area contributed by atoms with E-state index in [2.05, 4.69) is 10.4 Å². The lowest BCUT2D eigenvalue weighted by atomic mass is 9.84. The Bertz CT molecular complexity index is 612. The van der Waals surface area contributed by atoms with E-state index in [1.807, 2.05) is 0 Å². The number of nitrogens with zero attached hydrogens (tertiary/aromatic N) is 3. The summed E-state index contributed by atoms with van der Waals surface area (Å²) in [5.41, 5.74) is 0.268. The van der Waals surface area contributed by atoms with Gasteiger partial charge in [0.25, 0.3) is 0 Å². The van der Waals surface area contributed by atoms with Crippen LogP contribution in [0.15, 0.2) is 0 Å². The summed E-state index contributed by atoms with van der Waals surface area (Å²) in [6, 6.07) is -0.255. The number of aryl methyl sites for hydroxylation is 2. The molecule has 0 amide bonds. The second kappa shape index (κ2) is 4.71. The molecule has 1 heterocycles.